The van der Waals surface area contributed by atoms with Crippen molar-refractivity contribution in [3.05, 3.63) is 33.0 Å². The monoisotopic (exact) mass is 370 g/mol. The van der Waals surface area contributed by atoms with E-state index in [0.29, 0.717) is 21.3 Å². The number of hydrogen-bond donors (Lipinski definition) is 0. The minimum atomic E-state index is -0.454. The van der Waals surface area contributed by atoms with Crippen LogP contribution in [0.3, 0.4) is 0 Å². The van der Waals surface area contributed by atoms with Crippen LogP contribution >= 0.6 is 27.5 Å². The lowest BCUT2D eigenvalue weighted by molar-refractivity contribution is -0.0252. The van der Waals surface area contributed by atoms with Gasteiger partial charge < -0.3 is 0 Å². The normalized spacial score (nSPS) is 37.0. The van der Waals surface area contributed by atoms with Crippen LogP contribution in [0.1, 0.15) is 42.5 Å². The highest BCUT2D eigenvalue weighted by molar-refractivity contribution is 9.10. The zero-order valence-electron chi connectivity index (χ0n) is 11.6. The number of ketones is 1. The van der Waals surface area contributed by atoms with E-state index < -0.39 is 5.82 Å². The van der Waals surface area contributed by atoms with Crippen molar-refractivity contribution in [2.45, 2.75) is 32.1 Å². The molecule has 0 atom stereocenters. The molecule has 0 saturated heterocycles. The maximum atomic E-state index is 14.2. The van der Waals surface area contributed by atoms with Crippen LogP contribution in [0.15, 0.2) is 16.6 Å². The molecule has 4 heteroatoms. The van der Waals surface area contributed by atoms with Gasteiger partial charge in [0.05, 0.1) is 10.6 Å². The largest absolute Gasteiger partial charge is 0.294 e. The van der Waals surface area contributed by atoms with Crippen molar-refractivity contribution in [3.63, 3.8) is 0 Å². The minimum Gasteiger partial charge on any atom is -0.294 e. The smallest absolute Gasteiger partial charge is 0.169 e. The Morgan fingerprint density at radius 1 is 1.10 bits per heavy atom. The molecule has 4 saturated carbocycles. The summed E-state index contributed by atoms with van der Waals surface area (Å²) < 4.78 is 14.7. The number of carbonyl (C=O) groups is 1. The van der Waals surface area contributed by atoms with Gasteiger partial charge in [-0.1, -0.05) is 11.6 Å². The zero-order valence-corrected chi connectivity index (χ0v) is 14.0. The molecule has 4 aliphatic rings. The Hall–Kier alpha value is -0.410. The Labute approximate surface area is 137 Å². The van der Waals surface area contributed by atoms with E-state index >= 15 is 0 Å². The molecule has 0 radical (unpaired) electrons. The first-order valence-electron chi connectivity index (χ1n) is 7.71. The Bertz CT molecular complexity index is 587. The van der Waals surface area contributed by atoms with Crippen molar-refractivity contribution in [2.24, 2.45) is 29.6 Å². The highest BCUT2D eigenvalue weighted by Gasteiger charge is 2.51. The molecule has 4 fully saturated rings. The van der Waals surface area contributed by atoms with E-state index in [-0.39, 0.29) is 17.3 Å². The van der Waals surface area contributed by atoms with Crippen LogP contribution in [-0.4, -0.2) is 5.78 Å². The van der Waals surface area contributed by atoms with E-state index in [1.165, 1.54) is 18.6 Å². The van der Waals surface area contributed by atoms with Gasteiger partial charge in [0, 0.05) is 10.4 Å². The molecule has 0 aromatic heterocycles. The van der Waals surface area contributed by atoms with Crippen molar-refractivity contribution in [1.82, 2.24) is 0 Å². The summed E-state index contributed by atoms with van der Waals surface area (Å²) in [6.45, 7) is 0. The lowest BCUT2D eigenvalue weighted by Crippen LogP contribution is -2.48. The molecule has 1 aromatic rings. The van der Waals surface area contributed by atoms with Crippen LogP contribution in [0.4, 0.5) is 4.39 Å². The minimum absolute atomic E-state index is 0.0179. The third-order valence-corrected chi connectivity index (χ3v) is 7.00. The summed E-state index contributed by atoms with van der Waals surface area (Å²) in [5.74, 6) is 2.11. The van der Waals surface area contributed by atoms with Crippen molar-refractivity contribution < 1.29 is 9.18 Å². The van der Waals surface area contributed by atoms with Gasteiger partial charge in [-0.15, -0.1) is 0 Å². The van der Waals surface area contributed by atoms with Crippen molar-refractivity contribution >= 4 is 33.3 Å². The van der Waals surface area contributed by atoms with Crippen LogP contribution in [0.5, 0.6) is 0 Å². The van der Waals surface area contributed by atoms with E-state index in [9.17, 15) is 9.18 Å². The molecule has 0 heterocycles. The summed E-state index contributed by atoms with van der Waals surface area (Å²) in [5, 5.41) is 0.406. The molecule has 21 heavy (non-hydrogen) atoms. The predicted molar refractivity (Wildman–Crippen MR) is 84.0 cm³/mol. The summed E-state index contributed by atoms with van der Waals surface area (Å²) in [6.07, 6.45) is 6.00. The molecule has 0 N–H and O–H groups in total. The number of carbonyl (C=O) groups excluding carboxylic acids is 1. The van der Waals surface area contributed by atoms with Crippen LogP contribution in [0.25, 0.3) is 0 Å². The van der Waals surface area contributed by atoms with E-state index in [4.69, 9.17) is 11.6 Å². The van der Waals surface area contributed by atoms with Crippen molar-refractivity contribution in [3.8, 4) is 0 Å². The first kappa shape index (κ1) is 14.2. The standard InChI is InChI=1S/C17H17BrClFO/c18-13-7-15(20)12(6-14(13)19)17(21)16-10-2-8-1-9(4-10)5-11(16)3-8/h6-11,16H,1-5H2. The number of hydrogen-bond acceptors (Lipinski definition) is 1. The highest BCUT2D eigenvalue weighted by Crippen LogP contribution is 2.57. The van der Waals surface area contributed by atoms with Gasteiger partial charge in [0.15, 0.2) is 5.78 Å². The van der Waals surface area contributed by atoms with Gasteiger partial charge in [-0.05, 0) is 83.8 Å². The van der Waals surface area contributed by atoms with E-state index in [0.717, 1.165) is 37.5 Å². The Morgan fingerprint density at radius 3 is 2.24 bits per heavy atom. The van der Waals surface area contributed by atoms with Crippen molar-refractivity contribution in [1.29, 1.82) is 0 Å². The molecule has 0 spiro atoms. The average Bonchev–Trinajstić information content (AvgIpc) is 2.41. The van der Waals surface area contributed by atoms with Crippen molar-refractivity contribution in [2.75, 3.05) is 0 Å². The molecular formula is C17H17BrClFO. The third-order valence-electron chi connectivity index (χ3n) is 5.80. The molecule has 5 rings (SSSR count). The van der Waals surface area contributed by atoms with Crippen LogP contribution in [0.2, 0.25) is 5.02 Å². The van der Waals surface area contributed by atoms with E-state index in [1.807, 2.05) is 0 Å². The van der Waals surface area contributed by atoms with Gasteiger partial charge in [0.2, 0.25) is 0 Å². The summed E-state index contributed by atoms with van der Waals surface area (Å²) in [5.41, 5.74) is 0.181. The summed E-state index contributed by atoms with van der Waals surface area (Å²) >= 11 is 9.26. The number of Topliss-reactive ketones (excluding diaryl/α,β-unsaturated/α-hetero) is 1. The van der Waals surface area contributed by atoms with Crippen LogP contribution in [0, 0.1) is 35.4 Å². The summed E-state index contributed by atoms with van der Waals surface area (Å²) in [7, 11) is 0. The number of rotatable bonds is 2. The number of halogens is 3. The van der Waals surface area contributed by atoms with Gasteiger partial charge in [-0.2, -0.15) is 0 Å². The number of benzene rings is 1. The molecule has 4 aliphatic carbocycles. The predicted octanol–water partition coefficient (Wildman–Crippen LogP) is 5.50. The van der Waals surface area contributed by atoms with Crippen LogP contribution < -0.4 is 0 Å². The third kappa shape index (κ3) is 2.28. The Morgan fingerprint density at radius 2 is 1.67 bits per heavy atom. The first-order chi connectivity index (χ1) is 10.0. The Kier molecular flexibility index (Phi) is 3.42. The van der Waals surface area contributed by atoms with Gasteiger partial charge in [0.25, 0.3) is 0 Å². The van der Waals surface area contributed by atoms with E-state index in [2.05, 4.69) is 15.9 Å². The molecule has 0 amide bonds. The first-order valence-corrected chi connectivity index (χ1v) is 8.88. The zero-order chi connectivity index (χ0) is 14.7. The van der Waals surface area contributed by atoms with E-state index in [1.54, 1.807) is 0 Å². The van der Waals surface area contributed by atoms with Gasteiger partial charge >= 0.3 is 0 Å². The fourth-order valence-electron chi connectivity index (χ4n) is 5.24. The second-order valence-electron chi connectivity index (χ2n) is 7.07. The molecule has 4 bridgehead atoms. The molecule has 0 aliphatic heterocycles. The quantitative estimate of drug-likeness (QED) is 0.496. The maximum absolute atomic E-state index is 14.2. The molecule has 112 valence electrons. The topological polar surface area (TPSA) is 17.1 Å². The Balaban J connectivity index is 1.68. The van der Waals surface area contributed by atoms with Gasteiger partial charge in [0.1, 0.15) is 5.82 Å². The lowest BCUT2D eigenvalue weighted by Gasteiger charge is -2.53. The highest BCUT2D eigenvalue weighted by atomic mass is 79.9. The fourth-order valence-corrected chi connectivity index (χ4v) is 5.72. The summed E-state index contributed by atoms with van der Waals surface area (Å²) in [4.78, 5) is 12.9. The molecule has 1 nitrogen and oxygen atoms in total. The molecular weight excluding hydrogens is 355 g/mol. The maximum Gasteiger partial charge on any atom is 0.169 e. The lowest BCUT2D eigenvalue weighted by atomic mass is 9.51. The summed E-state index contributed by atoms with van der Waals surface area (Å²) in [6, 6.07) is 2.81. The molecule has 0 unspecified atom stereocenters. The SMILES string of the molecule is O=C(c1cc(Cl)c(Br)cc1F)C1C2CC3CC(C2)CC1C3. The molecule has 1 aromatic carbocycles. The average molecular weight is 372 g/mol. The van der Waals surface area contributed by atoms with Gasteiger partial charge in [-0.3, -0.25) is 4.79 Å². The second kappa shape index (κ2) is 5.06. The van der Waals surface area contributed by atoms with Gasteiger partial charge in [-0.25, -0.2) is 4.39 Å². The second-order valence-corrected chi connectivity index (χ2v) is 8.33. The van der Waals surface area contributed by atoms with Crippen LogP contribution in [-0.2, 0) is 0 Å². The fraction of sp³-hybridized carbons (Fsp3) is 0.588.